The van der Waals surface area contributed by atoms with Gasteiger partial charge in [-0.05, 0) is 40.1 Å². The molecule has 1 aromatic heterocycles. The van der Waals surface area contributed by atoms with Gasteiger partial charge in [0.2, 0.25) is 0 Å². The molecule has 0 radical (unpaired) electrons. The smallest absolute Gasteiger partial charge is 0.151 e. The van der Waals surface area contributed by atoms with Crippen molar-refractivity contribution in [2.45, 2.75) is 0 Å². The van der Waals surface area contributed by atoms with Gasteiger partial charge in [0, 0.05) is 19.2 Å². The van der Waals surface area contributed by atoms with Crippen LogP contribution in [0.2, 0.25) is 5.02 Å². The van der Waals surface area contributed by atoms with Crippen molar-refractivity contribution < 1.29 is 4.79 Å². The van der Waals surface area contributed by atoms with Crippen molar-refractivity contribution >= 4 is 61.9 Å². The lowest BCUT2D eigenvalue weighted by Crippen LogP contribution is -1.85. The molecule has 66 valence electrons. The summed E-state index contributed by atoms with van der Waals surface area (Å²) in [6.07, 6.45) is 0.840. The molecule has 0 aliphatic rings. The summed E-state index contributed by atoms with van der Waals surface area (Å²) >= 11 is 9.78. The Morgan fingerprint density at radius 2 is 2.31 bits per heavy atom. The summed E-state index contributed by atoms with van der Waals surface area (Å²) in [6.45, 7) is 0. The van der Waals surface area contributed by atoms with Gasteiger partial charge in [-0.3, -0.25) is 4.79 Å². The average molecular weight is 323 g/mol. The van der Waals surface area contributed by atoms with E-state index in [4.69, 9.17) is 11.6 Å². The highest BCUT2D eigenvalue weighted by Gasteiger charge is 2.09. The van der Waals surface area contributed by atoms with Gasteiger partial charge in [0.05, 0.1) is 5.02 Å². The molecule has 2 aromatic rings. The average Bonchev–Trinajstić information content (AvgIpc) is 2.60. The molecule has 0 amide bonds. The molecule has 0 fully saturated rings. The Labute approximate surface area is 97.8 Å². The van der Waals surface area contributed by atoms with Crippen LogP contribution in [0.4, 0.5) is 0 Å². The number of rotatable bonds is 1. The van der Waals surface area contributed by atoms with Crippen LogP contribution in [-0.4, -0.2) is 6.29 Å². The molecule has 0 N–H and O–H groups in total. The van der Waals surface area contributed by atoms with Gasteiger partial charge < -0.3 is 0 Å². The Morgan fingerprint density at radius 3 is 3.00 bits per heavy atom. The van der Waals surface area contributed by atoms with E-state index in [1.54, 1.807) is 17.4 Å². The zero-order valence-corrected chi connectivity index (χ0v) is 10.1. The maximum atomic E-state index is 10.7. The predicted molar refractivity (Wildman–Crippen MR) is 64.9 cm³/mol. The highest BCUT2D eigenvalue weighted by molar-refractivity contribution is 14.1. The topological polar surface area (TPSA) is 17.1 Å². The summed E-state index contributed by atoms with van der Waals surface area (Å²) in [4.78, 5) is 10.7. The number of aldehydes is 1. The summed E-state index contributed by atoms with van der Waals surface area (Å²) in [5.41, 5.74) is 0.667. The molecule has 0 aliphatic heterocycles. The number of hydrogen-bond acceptors (Lipinski definition) is 2. The van der Waals surface area contributed by atoms with E-state index in [-0.39, 0.29) is 0 Å². The molecular formula is C9H4ClIOS. The molecule has 0 atom stereocenters. The van der Waals surface area contributed by atoms with E-state index in [9.17, 15) is 4.79 Å². The zero-order chi connectivity index (χ0) is 9.42. The number of carbonyl (C=O) groups is 1. The van der Waals surface area contributed by atoms with Crippen molar-refractivity contribution in [2.75, 3.05) is 0 Å². The minimum absolute atomic E-state index is 0.652. The van der Waals surface area contributed by atoms with E-state index in [1.807, 2.05) is 11.4 Å². The Hall–Kier alpha value is -0.130. The summed E-state index contributed by atoms with van der Waals surface area (Å²) in [6, 6.07) is 3.68. The van der Waals surface area contributed by atoms with E-state index < -0.39 is 0 Å². The molecule has 0 bridgehead atoms. The number of thiophene rings is 1. The maximum Gasteiger partial charge on any atom is 0.151 e. The molecule has 0 aliphatic carbocycles. The van der Waals surface area contributed by atoms with Crippen molar-refractivity contribution in [1.29, 1.82) is 0 Å². The van der Waals surface area contributed by atoms with Crippen LogP contribution in [0.25, 0.3) is 10.1 Å². The fraction of sp³-hybridized carbons (Fsp3) is 0. The van der Waals surface area contributed by atoms with E-state index in [0.29, 0.717) is 10.6 Å². The number of fused-ring (bicyclic) bond motifs is 1. The van der Waals surface area contributed by atoms with Crippen LogP contribution in [0.1, 0.15) is 10.4 Å². The molecule has 0 unspecified atom stereocenters. The Morgan fingerprint density at radius 1 is 1.54 bits per heavy atom. The molecule has 13 heavy (non-hydrogen) atoms. The number of hydrogen-bond donors (Lipinski definition) is 0. The fourth-order valence-corrected chi connectivity index (χ4v) is 3.31. The Kier molecular flexibility index (Phi) is 2.58. The number of carbonyl (C=O) groups excluding carboxylic acids is 1. The monoisotopic (exact) mass is 322 g/mol. The summed E-state index contributed by atoms with van der Waals surface area (Å²) < 4.78 is 2.08. The van der Waals surface area contributed by atoms with Crippen LogP contribution in [-0.2, 0) is 0 Å². The van der Waals surface area contributed by atoms with Crippen LogP contribution in [0.3, 0.4) is 0 Å². The predicted octanol–water partition coefficient (Wildman–Crippen LogP) is 3.97. The molecular weight excluding hydrogens is 319 g/mol. The van der Waals surface area contributed by atoms with Crippen LogP contribution in [0, 0.1) is 3.57 Å². The van der Waals surface area contributed by atoms with E-state index in [2.05, 4.69) is 22.6 Å². The largest absolute Gasteiger partial charge is 0.298 e. The van der Waals surface area contributed by atoms with Crippen LogP contribution < -0.4 is 0 Å². The third-order valence-corrected chi connectivity index (χ3v) is 4.56. The second-order valence-electron chi connectivity index (χ2n) is 2.54. The summed E-state index contributed by atoms with van der Waals surface area (Å²) in [7, 11) is 0. The first-order valence-electron chi connectivity index (χ1n) is 3.54. The Balaban J connectivity index is 2.93. The molecule has 0 spiro atoms. The minimum atomic E-state index is 0.652. The maximum absolute atomic E-state index is 10.7. The van der Waals surface area contributed by atoms with E-state index in [1.165, 1.54) is 0 Å². The standard InChI is InChI=1S/C9H4ClIOS/c10-7-3-5(4-12)8(11)9-6(7)1-2-13-9/h1-4H. The third kappa shape index (κ3) is 1.49. The lowest BCUT2D eigenvalue weighted by atomic mass is 10.2. The van der Waals surface area contributed by atoms with Gasteiger partial charge >= 0.3 is 0 Å². The van der Waals surface area contributed by atoms with Crippen molar-refractivity contribution in [1.82, 2.24) is 0 Å². The van der Waals surface area contributed by atoms with Gasteiger partial charge in [-0.2, -0.15) is 0 Å². The molecule has 2 rings (SSSR count). The van der Waals surface area contributed by atoms with Crippen LogP contribution >= 0.6 is 45.5 Å². The van der Waals surface area contributed by atoms with Crippen LogP contribution in [0.5, 0.6) is 0 Å². The first-order valence-corrected chi connectivity index (χ1v) is 5.88. The second kappa shape index (κ2) is 3.55. The second-order valence-corrected chi connectivity index (χ2v) is 4.94. The number of halogens is 2. The molecule has 1 heterocycles. The van der Waals surface area contributed by atoms with Gasteiger partial charge in [-0.1, -0.05) is 11.6 Å². The highest BCUT2D eigenvalue weighted by atomic mass is 127. The molecule has 1 aromatic carbocycles. The first kappa shape index (κ1) is 9.43. The van der Waals surface area contributed by atoms with E-state index in [0.717, 1.165) is 19.9 Å². The zero-order valence-electron chi connectivity index (χ0n) is 6.38. The third-order valence-electron chi connectivity index (χ3n) is 1.78. The summed E-state index contributed by atoms with van der Waals surface area (Å²) in [5.74, 6) is 0. The molecule has 0 saturated carbocycles. The van der Waals surface area contributed by atoms with Crippen molar-refractivity contribution in [2.24, 2.45) is 0 Å². The van der Waals surface area contributed by atoms with Crippen molar-refractivity contribution in [3.05, 3.63) is 31.7 Å². The van der Waals surface area contributed by atoms with Gasteiger partial charge in [0.1, 0.15) is 0 Å². The molecule has 0 saturated heterocycles. The van der Waals surface area contributed by atoms with Crippen molar-refractivity contribution in [3.8, 4) is 0 Å². The highest BCUT2D eigenvalue weighted by Crippen LogP contribution is 2.33. The molecule has 4 heteroatoms. The fourth-order valence-electron chi connectivity index (χ4n) is 1.16. The normalized spacial score (nSPS) is 10.6. The van der Waals surface area contributed by atoms with Gasteiger partial charge in [-0.15, -0.1) is 11.3 Å². The molecule has 1 nitrogen and oxygen atoms in total. The Bertz CT molecular complexity index is 478. The van der Waals surface area contributed by atoms with Crippen LogP contribution in [0.15, 0.2) is 17.5 Å². The van der Waals surface area contributed by atoms with Gasteiger partial charge in [0.25, 0.3) is 0 Å². The van der Waals surface area contributed by atoms with Gasteiger partial charge in [-0.25, -0.2) is 0 Å². The summed E-state index contributed by atoms with van der Waals surface area (Å²) in [5, 5.41) is 3.66. The quantitative estimate of drug-likeness (QED) is 0.573. The first-order chi connectivity index (χ1) is 6.24. The SMILES string of the molecule is O=Cc1cc(Cl)c2ccsc2c1I. The lowest BCUT2D eigenvalue weighted by molar-refractivity contribution is 0.112. The van der Waals surface area contributed by atoms with Gasteiger partial charge in [0.15, 0.2) is 6.29 Å². The van der Waals surface area contributed by atoms with E-state index >= 15 is 0 Å². The number of benzene rings is 1. The van der Waals surface area contributed by atoms with Crippen molar-refractivity contribution in [3.63, 3.8) is 0 Å². The minimum Gasteiger partial charge on any atom is -0.298 e. The lowest BCUT2D eigenvalue weighted by Gasteiger charge is -2.00.